The number of ether oxygens (including phenoxy) is 2. The molecule has 2 aromatic carbocycles. The van der Waals surface area contributed by atoms with Gasteiger partial charge in [-0.15, -0.1) is 0 Å². The summed E-state index contributed by atoms with van der Waals surface area (Å²) < 4.78 is 10.4. The van der Waals surface area contributed by atoms with E-state index in [1.807, 2.05) is 31.2 Å². The molecular formula is C13H13ClO2. The van der Waals surface area contributed by atoms with Crippen LogP contribution in [0.15, 0.2) is 30.3 Å². The summed E-state index contributed by atoms with van der Waals surface area (Å²) in [6.45, 7) is 2.17. The standard InChI is InChI=1S/C13H13ClO2/c1-9-7-10-5-3-4-6-11(10)13(12(9)14)16-8-15-2/h3-7H,8H2,1-2H3. The van der Waals surface area contributed by atoms with Gasteiger partial charge in [0.15, 0.2) is 6.79 Å². The molecule has 0 saturated heterocycles. The maximum atomic E-state index is 6.23. The summed E-state index contributed by atoms with van der Waals surface area (Å²) in [6, 6.07) is 10.0. The van der Waals surface area contributed by atoms with Gasteiger partial charge in [0.25, 0.3) is 0 Å². The number of rotatable bonds is 3. The van der Waals surface area contributed by atoms with E-state index in [0.717, 1.165) is 16.3 Å². The molecule has 2 nitrogen and oxygen atoms in total. The van der Waals surface area contributed by atoms with Gasteiger partial charge in [0.1, 0.15) is 5.75 Å². The van der Waals surface area contributed by atoms with E-state index in [2.05, 4.69) is 6.07 Å². The normalized spacial score (nSPS) is 10.7. The quantitative estimate of drug-likeness (QED) is 0.755. The van der Waals surface area contributed by atoms with Crippen LogP contribution in [0.1, 0.15) is 5.56 Å². The van der Waals surface area contributed by atoms with Crippen molar-refractivity contribution in [2.75, 3.05) is 13.9 Å². The van der Waals surface area contributed by atoms with Crippen molar-refractivity contribution in [3.05, 3.63) is 40.9 Å². The molecule has 0 saturated carbocycles. The van der Waals surface area contributed by atoms with Crippen LogP contribution < -0.4 is 4.74 Å². The van der Waals surface area contributed by atoms with Gasteiger partial charge in [-0.05, 0) is 23.9 Å². The van der Waals surface area contributed by atoms with Crippen LogP contribution in [-0.4, -0.2) is 13.9 Å². The monoisotopic (exact) mass is 236 g/mol. The first kappa shape index (κ1) is 11.2. The van der Waals surface area contributed by atoms with E-state index in [9.17, 15) is 0 Å². The van der Waals surface area contributed by atoms with Crippen LogP contribution in [0.2, 0.25) is 5.02 Å². The molecule has 16 heavy (non-hydrogen) atoms. The Labute approximate surface area is 99.7 Å². The Hall–Kier alpha value is -1.25. The first-order chi connectivity index (χ1) is 7.74. The highest BCUT2D eigenvalue weighted by Gasteiger charge is 2.10. The summed E-state index contributed by atoms with van der Waals surface area (Å²) >= 11 is 6.23. The van der Waals surface area contributed by atoms with E-state index < -0.39 is 0 Å². The van der Waals surface area contributed by atoms with E-state index >= 15 is 0 Å². The van der Waals surface area contributed by atoms with Gasteiger partial charge >= 0.3 is 0 Å². The Morgan fingerprint density at radius 1 is 1.25 bits per heavy atom. The zero-order valence-electron chi connectivity index (χ0n) is 9.29. The van der Waals surface area contributed by atoms with Crippen LogP contribution in [0.5, 0.6) is 5.75 Å². The first-order valence-corrected chi connectivity index (χ1v) is 5.41. The second-order valence-corrected chi connectivity index (χ2v) is 3.99. The zero-order chi connectivity index (χ0) is 11.5. The van der Waals surface area contributed by atoms with Crippen LogP contribution in [0.4, 0.5) is 0 Å². The summed E-state index contributed by atoms with van der Waals surface area (Å²) in [7, 11) is 1.59. The molecule has 0 N–H and O–H groups in total. The van der Waals surface area contributed by atoms with Crippen molar-refractivity contribution >= 4 is 22.4 Å². The lowest BCUT2D eigenvalue weighted by molar-refractivity contribution is 0.0523. The van der Waals surface area contributed by atoms with Gasteiger partial charge in [0.2, 0.25) is 0 Å². The predicted molar refractivity (Wildman–Crippen MR) is 66.2 cm³/mol. The van der Waals surface area contributed by atoms with E-state index in [0.29, 0.717) is 10.8 Å². The maximum Gasteiger partial charge on any atom is 0.188 e. The van der Waals surface area contributed by atoms with E-state index in [4.69, 9.17) is 21.1 Å². The largest absolute Gasteiger partial charge is 0.465 e. The highest BCUT2D eigenvalue weighted by atomic mass is 35.5. The Kier molecular flexibility index (Phi) is 3.32. The molecular weight excluding hydrogens is 224 g/mol. The smallest absolute Gasteiger partial charge is 0.188 e. The molecule has 0 unspecified atom stereocenters. The van der Waals surface area contributed by atoms with E-state index in [-0.39, 0.29) is 6.79 Å². The van der Waals surface area contributed by atoms with Gasteiger partial charge in [-0.3, -0.25) is 0 Å². The maximum absolute atomic E-state index is 6.23. The summed E-state index contributed by atoms with van der Waals surface area (Å²) in [5.74, 6) is 0.694. The topological polar surface area (TPSA) is 18.5 Å². The van der Waals surface area contributed by atoms with Crippen molar-refractivity contribution in [1.29, 1.82) is 0 Å². The third-order valence-corrected chi connectivity index (χ3v) is 2.91. The van der Waals surface area contributed by atoms with Gasteiger partial charge in [-0.25, -0.2) is 0 Å². The van der Waals surface area contributed by atoms with Gasteiger partial charge in [-0.1, -0.05) is 35.9 Å². The molecule has 0 aliphatic rings. The van der Waals surface area contributed by atoms with Crippen molar-refractivity contribution in [1.82, 2.24) is 0 Å². The number of halogens is 1. The zero-order valence-corrected chi connectivity index (χ0v) is 10.0. The molecule has 2 rings (SSSR count). The van der Waals surface area contributed by atoms with Crippen molar-refractivity contribution in [2.24, 2.45) is 0 Å². The molecule has 3 heteroatoms. The number of aryl methyl sites for hydroxylation is 1. The van der Waals surface area contributed by atoms with E-state index in [1.165, 1.54) is 0 Å². The van der Waals surface area contributed by atoms with Gasteiger partial charge in [0, 0.05) is 12.5 Å². The number of fused-ring (bicyclic) bond motifs is 1. The fourth-order valence-corrected chi connectivity index (χ4v) is 1.89. The van der Waals surface area contributed by atoms with Crippen molar-refractivity contribution in [3.63, 3.8) is 0 Å². The lowest BCUT2D eigenvalue weighted by atomic mass is 10.1. The van der Waals surface area contributed by atoms with Crippen molar-refractivity contribution < 1.29 is 9.47 Å². The van der Waals surface area contributed by atoms with Gasteiger partial charge in [-0.2, -0.15) is 0 Å². The number of methoxy groups -OCH3 is 1. The summed E-state index contributed by atoms with van der Waals surface area (Å²) in [4.78, 5) is 0. The Bertz CT molecular complexity index is 509. The third kappa shape index (κ3) is 1.99. The van der Waals surface area contributed by atoms with Crippen LogP contribution in [0.25, 0.3) is 10.8 Å². The molecule has 0 atom stereocenters. The van der Waals surface area contributed by atoms with Gasteiger partial charge in [0.05, 0.1) is 5.02 Å². The van der Waals surface area contributed by atoms with Crippen LogP contribution in [0, 0.1) is 6.92 Å². The molecule has 0 fully saturated rings. The summed E-state index contributed by atoms with van der Waals surface area (Å²) in [6.07, 6.45) is 0. The number of hydrogen-bond acceptors (Lipinski definition) is 2. The molecule has 0 aromatic heterocycles. The minimum atomic E-state index is 0.202. The number of benzene rings is 2. The molecule has 84 valence electrons. The summed E-state index contributed by atoms with van der Waals surface area (Å²) in [5.41, 5.74) is 1.01. The minimum absolute atomic E-state index is 0.202. The van der Waals surface area contributed by atoms with Crippen LogP contribution in [-0.2, 0) is 4.74 Å². The van der Waals surface area contributed by atoms with Crippen molar-refractivity contribution in [3.8, 4) is 5.75 Å². The van der Waals surface area contributed by atoms with Gasteiger partial charge < -0.3 is 9.47 Å². The summed E-state index contributed by atoms with van der Waals surface area (Å²) in [5, 5.41) is 2.78. The molecule has 0 aliphatic heterocycles. The lowest BCUT2D eigenvalue weighted by Crippen LogP contribution is -2.00. The minimum Gasteiger partial charge on any atom is -0.465 e. The molecule has 0 amide bonds. The fraction of sp³-hybridized carbons (Fsp3) is 0.231. The second kappa shape index (κ2) is 4.73. The Morgan fingerprint density at radius 2 is 2.00 bits per heavy atom. The lowest BCUT2D eigenvalue weighted by Gasteiger charge is -2.12. The van der Waals surface area contributed by atoms with Crippen molar-refractivity contribution in [2.45, 2.75) is 6.92 Å². The SMILES string of the molecule is COCOc1c(Cl)c(C)cc2ccccc12. The third-order valence-electron chi connectivity index (χ3n) is 2.44. The highest BCUT2D eigenvalue weighted by Crippen LogP contribution is 2.36. The molecule has 0 aliphatic carbocycles. The fourth-order valence-electron chi connectivity index (χ4n) is 1.68. The highest BCUT2D eigenvalue weighted by molar-refractivity contribution is 6.34. The molecule has 2 aromatic rings. The Balaban J connectivity index is 2.61. The van der Waals surface area contributed by atoms with Crippen LogP contribution in [0.3, 0.4) is 0 Å². The molecule has 0 heterocycles. The average molecular weight is 237 g/mol. The van der Waals surface area contributed by atoms with E-state index in [1.54, 1.807) is 7.11 Å². The van der Waals surface area contributed by atoms with Crippen LogP contribution >= 0.6 is 11.6 Å². The molecule has 0 bridgehead atoms. The molecule has 0 spiro atoms. The number of hydrogen-bond donors (Lipinski definition) is 0. The predicted octanol–water partition coefficient (Wildman–Crippen LogP) is 3.78. The average Bonchev–Trinajstić information content (AvgIpc) is 2.30. The Morgan fingerprint density at radius 3 is 2.75 bits per heavy atom. The molecule has 0 radical (unpaired) electrons. The first-order valence-electron chi connectivity index (χ1n) is 5.03. The second-order valence-electron chi connectivity index (χ2n) is 3.61.